The minimum atomic E-state index is 0.206. The van der Waals surface area contributed by atoms with E-state index in [2.05, 4.69) is 29.0 Å². The van der Waals surface area contributed by atoms with Gasteiger partial charge in [0.1, 0.15) is 16.7 Å². The normalized spacial score (nSPS) is 11.0. The van der Waals surface area contributed by atoms with Crippen molar-refractivity contribution >= 4 is 11.6 Å². The van der Waals surface area contributed by atoms with Gasteiger partial charge in [0.05, 0.1) is 0 Å². The van der Waals surface area contributed by atoms with Gasteiger partial charge < -0.3 is 4.74 Å². The number of benzene rings is 1. The van der Waals surface area contributed by atoms with E-state index in [1.165, 1.54) is 5.56 Å². The van der Waals surface area contributed by atoms with E-state index in [0.717, 1.165) is 24.2 Å². The van der Waals surface area contributed by atoms with Crippen LogP contribution >= 0.6 is 11.6 Å². The number of ether oxygens (including phenoxy) is 1. The number of aryl methyl sites for hydroxylation is 1. The van der Waals surface area contributed by atoms with Crippen LogP contribution in [0.1, 0.15) is 50.1 Å². The van der Waals surface area contributed by atoms with Crippen molar-refractivity contribution in [3.05, 3.63) is 46.4 Å². The van der Waals surface area contributed by atoms with Crippen LogP contribution in [0.25, 0.3) is 0 Å². The highest BCUT2D eigenvalue weighted by Gasteiger charge is 2.13. The lowest BCUT2D eigenvalue weighted by molar-refractivity contribution is 0.452. The average molecular weight is 305 g/mol. The second-order valence-corrected chi connectivity index (χ2v) is 5.81. The third-order valence-electron chi connectivity index (χ3n) is 3.25. The topological polar surface area (TPSA) is 35.0 Å². The number of aromatic nitrogens is 2. The number of hydrogen-bond acceptors (Lipinski definition) is 3. The minimum Gasteiger partial charge on any atom is -0.439 e. The van der Waals surface area contributed by atoms with Crippen LogP contribution in [0.15, 0.2) is 24.3 Å². The molecule has 0 saturated carbocycles. The van der Waals surface area contributed by atoms with Crippen molar-refractivity contribution in [3.8, 4) is 11.6 Å². The van der Waals surface area contributed by atoms with Gasteiger partial charge >= 0.3 is 0 Å². The van der Waals surface area contributed by atoms with Crippen molar-refractivity contribution in [2.75, 3.05) is 0 Å². The zero-order valence-electron chi connectivity index (χ0n) is 13.0. The van der Waals surface area contributed by atoms with E-state index >= 15 is 0 Å². The lowest BCUT2D eigenvalue weighted by Crippen LogP contribution is -2.02. The van der Waals surface area contributed by atoms with E-state index in [0.29, 0.717) is 16.9 Å². The third-order valence-corrected chi connectivity index (χ3v) is 3.62. The van der Waals surface area contributed by atoms with E-state index in [-0.39, 0.29) is 5.92 Å². The maximum Gasteiger partial charge on any atom is 0.226 e. The fourth-order valence-electron chi connectivity index (χ4n) is 1.97. The number of hydrogen-bond donors (Lipinski definition) is 0. The molecule has 0 aliphatic carbocycles. The van der Waals surface area contributed by atoms with Gasteiger partial charge in [0.15, 0.2) is 0 Å². The first-order chi connectivity index (χ1) is 10.0. The quantitative estimate of drug-likeness (QED) is 0.702. The Hall–Kier alpha value is -1.61. The van der Waals surface area contributed by atoms with Crippen molar-refractivity contribution in [1.82, 2.24) is 9.97 Å². The van der Waals surface area contributed by atoms with E-state index in [1.807, 2.05) is 32.9 Å². The summed E-state index contributed by atoms with van der Waals surface area (Å²) < 4.78 is 5.88. The molecule has 0 spiro atoms. The van der Waals surface area contributed by atoms with Crippen molar-refractivity contribution in [2.45, 2.75) is 46.5 Å². The van der Waals surface area contributed by atoms with Gasteiger partial charge in [0, 0.05) is 11.5 Å². The molecule has 0 saturated heterocycles. The zero-order valence-corrected chi connectivity index (χ0v) is 13.7. The molecular formula is C17H21ClN2O. The molecule has 1 heterocycles. The molecule has 0 amide bonds. The van der Waals surface area contributed by atoms with Gasteiger partial charge in [-0.3, -0.25) is 0 Å². The molecular weight excluding hydrogens is 284 g/mol. The molecule has 2 aromatic rings. The predicted molar refractivity (Wildman–Crippen MR) is 86.4 cm³/mol. The van der Waals surface area contributed by atoms with Crippen LogP contribution in [0, 0.1) is 6.92 Å². The van der Waals surface area contributed by atoms with Crippen molar-refractivity contribution < 1.29 is 4.74 Å². The van der Waals surface area contributed by atoms with Gasteiger partial charge in [-0.1, -0.05) is 50.9 Å². The van der Waals surface area contributed by atoms with Crippen molar-refractivity contribution in [2.24, 2.45) is 0 Å². The molecule has 3 nitrogen and oxygen atoms in total. The first-order valence-electron chi connectivity index (χ1n) is 7.32. The molecule has 1 aromatic carbocycles. The monoisotopic (exact) mass is 304 g/mol. The molecule has 0 unspecified atom stereocenters. The van der Waals surface area contributed by atoms with E-state index in [4.69, 9.17) is 16.3 Å². The Bertz CT molecular complexity index is 609. The molecule has 0 fully saturated rings. The summed E-state index contributed by atoms with van der Waals surface area (Å²) in [6.45, 7) is 8.10. The highest BCUT2D eigenvalue weighted by atomic mass is 35.5. The van der Waals surface area contributed by atoms with Crippen molar-refractivity contribution in [3.63, 3.8) is 0 Å². The Morgan fingerprint density at radius 3 is 2.38 bits per heavy atom. The summed E-state index contributed by atoms with van der Waals surface area (Å²) in [5, 5.41) is 0.450. The first kappa shape index (κ1) is 15.8. The lowest BCUT2D eigenvalue weighted by atomic mass is 10.1. The predicted octanol–water partition coefficient (Wildman–Crippen LogP) is 5.31. The Morgan fingerprint density at radius 2 is 1.81 bits per heavy atom. The summed E-state index contributed by atoms with van der Waals surface area (Å²) in [6.07, 6.45) is 2.22. The summed E-state index contributed by atoms with van der Waals surface area (Å²) >= 11 is 6.16. The van der Waals surface area contributed by atoms with Crippen LogP contribution in [0.2, 0.25) is 5.15 Å². The summed E-state index contributed by atoms with van der Waals surface area (Å²) in [5.74, 6) is 2.20. The zero-order chi connectivity index (χ0) is 15.4. The number of rotatable bonds is 5. The smallest absolute Gasteiger partial charge is 0.226 e. The van der Waals surface area contributed by atoms with Crippen LogP contribution in [0.3, 0.4) is 0 Å². The Kier molecular flexibility index (Phi) is 5.18. The molecule has 4 heteroatoms. The Labute approximate surface area is 131 Å². The molecule has 1 aromatic heterocycles. The maximum absolute atomic E-state index is 6.16. The Balaban J connectivity index is 2.26. The maximum atomic E-state index is 6.16. The molecule has 0 atom stereocenters. The Morgan fingerprint density at radius 1 is 1.14 bits per heavy atom. The molecule has 2 rings (SSSR count). The third kappa shape index (κ3) is 3.94. The van der Waals surface area contributed by atoms with E-state index in [9.17, 15) is 0 Å². The fourth-order valence-corrected chi connectivity index (χ4v) is 2.14. The van der Waals surface area contributed by atoms with E-state index in [1.54, 1.807) is 0 Å². The summed E-state index contributed by atoms with van der Waals surface area (Å²) in [6, 6.07) is 8.10. The van der Waals surface area contributed by atoms with Gasteiger partial charge in [0.2, 0.25) is 5.88 Å². The van der Waals surface area contributed by atoms with Crippen LogP contribution in [-0.2, 0) is 6.42 Å². The van der Waals surface area contributed by atoms with Gasteiger partial charge in [-0.05, 0) is 31.0 Å². The van der Waals surface area contributed by atoms with Gasteiger partial charge in [-0.25, -0.2) is 4.98 Å². The number of halogens is 1. The highest BCUT2D eigenvalue weighted by molar-refractivity contribution is 6.30. The van der Waals surface area contributed by atoms with Crippen LogP contribution in [0.4, 0.5) is 0 Å². The summed E-state index contributed by atoms with van der Waals surface area (Å²) in [7, 11) is 0. The summed E-state index contributed by atoms with van der Waals surface area (Å²) in [4.78, 5) is 8.76. The second kappa shape index (κ2) is 6.90. The molecule has 112 valence electrons. The molecule has 0 N–H and O–H groups in total. The van der Waals surface area contributed by atoms with Crippen LogP contribution in [0.5, 0.6) is 11.6 Å². The molecule has 0 aliphatic rings. The van der Waals surface area contributed by atoms with Gasteiger partial charge in [-0.15, -0.1) is 0 Å². The summed E-state index contributed by atoms with van der Waals surface area (Å²) in [5.41, 5.74) is 2.07. The van der Waals surface area contributed by atoms with Crippen LogP contribution < -0.4 is 4.74 Å². The number of nitrogens with zero attached hydrogens (tertiary/aromatic N) is 2. The highest BCUT2D eigenvalue weighted by Crippen LogP contribution is 2.28. The minimum absolute atomic E-state index is 0.206. The van der Waals surface area contributed by atoms with Crippen molar-refractivity contribution in [1.29, 1.82) is 0 Å². The fraction of sp³-hybridized carbons (Fsp3) is 0.412. The standard InChI is InChI=1S/C17H21ClN2O/c1-5-6-13-7-9-14(10-8-13)21-17-12(4)15(18)19-16(20-17)11(2)3/h7-11H,5-6H2,1-4H3. The lowest BCUT2D eigenvalue weighted by Gasteiger charge is -2.12. The van der Waals surface area contributed by atoms with Crippen LogP contribution in [-0.4, -0.2) is 9.97 Å². The second-order valence-electron chi connectivity index (χ2n) is 5.45. The molecule has 0 bridgehead atoms. The van der Waals surface area contributed by atoms with Gasteiger partial charge in [0.25, 0.3) is 0 Å². The first-order valence-corrected chi connectivity index (χ1v) is 7.70. The molecule has 0 radical (unpaired) electrons. The molecule has 21 heavy (non-hydrogen) atoms. The van der Waals surface area contributed by atoms with E-state index < -0.39 is 0 Å². The van der Waals surface area contributed by atoms with Gasteiger partial charge in [-0.2, -0.15) is 4.98 Å². The largest absolute Gasteiger partial charge is 0.439 e. The molecule has 0 aliphatic heterocycles. The SMILES string of the molecule is CCCc1ccc(Oc2nc(C(C)C)nc(Cl)c2C)cc1. The average Bonchev–Trinajstić information content (AvgIpc) is 2.45.